The van der Waals surface area contributed by atoms with Gasteiger partial charge in [-0.3, -0.25) is 4.79 Å². The van der Waals surface area contributed by atoms with Crippen LogP contribution in [0.15, 0.2) is 29.4 Å². The maximum absolute atomic E-state index is 11.7. The zero-order valence-electron chi connectivity index (χ0n) is 13.6. The van der Waals surface area contributed by atoms with Crippen molar-refractivity contribution < 1.29 is 28.8 Å². The van der Waals surface area contributed by atoms with Crippen LogP contribution in [0.25, 0.3) is 10.4 Å². The van der Waals surface area contributed by atoms with Crippen molar-refractivity contribution in [1.29, 1.82) is 0 Å². The van der Waals surface area contributed by atoms with Gasteiger partial charge in [-0.25, -0.2) is 0 Å². The monoisotopic (exact) mass is 339 g/mol. The molecule has 24 heavy (non-hydrogen) atoms. The molecule has 0 radical (unpaired) electrons. The number of aliphatic hydroxyl groups excluding tert-OH is 1. The molecular formula is C15H21N3O6. The lowest BCUT2D eigenvalue weighted by atomic mass is 10.0. The highest BCUT2D eigenvalue weighted by atomic mass is 16.7. The molecule has 0 bridgehead atoms. The van der Waals surface area contributed by atoms with E-state index >= 15 is 0 Å². The normalized spacial score (nSPS) is 12.8. The van der Waals surface area contributed by atoms with Crippen LogP contribution in [0, 0.1) is 0 Å². The van der Waals surface area contributed by atoms with Gasteiger partial charge in [0.2, 0.25) is 0 Å². The summed E-state index contributed by atoms with van der Waals surface area (Å²) in [4.78, 5) is 14.3. The Labute approximate surface area is 139 Å². The molecule has 1 N–H and O–H groups in total. The highest BCUT2D eigenvalue weighted by Gasteiger charge is 2.28. The zero-order valence-corrected chi connectivity index (χ0v) is 13.6. The molecule has 0 fully saturated rings. The van der Waals surface area contributed by atoms with Crippen molar-refractivity contribution in [1.82, 2.24) is 0 Å². The fourth-order valence-corrected chi connectivity index (χ4v) is 1.78. The van der Waals surface area contributed by atoms with Crippen LogP contribution in [0.2, 0.25) is 0 Å². The third-order valence-corrected chi connectivity index (χ3v) is 2.97. The largest absolute Gasteiger partial charge is 0.468 e. The Morgan fingerprint density at radius 3 is 2.62 bits per heavy atom. The first-order valence-electron chi connectivity index (χ1n) is 7.32. The molecule has 0 aromatic heterocycles. The second kappa shape index (κ2) is 11.3. The summed E-state index contributed by atoms with van der Waals surface area (Å²) >= 11 is 0. The molecule has 0 unspecified atom stereocenters. The Morgan fingerprint density at radius 2 is 2.04 bits per heavy atom. The van der Waals surface area contributed by atoms with Gasteiger partial charge >= 0.3 is 5.97 Å². The van der Waals surface area contributed by atoms with Crippen LogP contribution in [-0.4, -0.2) is 50.8 Å². The molecule has 0 heterocycles. The molecule has 0 aliphatic rings. The highest BCUT2D eigenvalue weighted by Crippen LogP contribution is 2.23. The number of azide groups is 1. The molecule has 9 heteroatoms. The molecule has 0 saturated carbocycles. The number of nitrogens with zero attached hydrogens (tertiary/aromatic N) is 3. The van der Waals surface area contributed by atoms with Crippen LogP contribution in [0.5, 0.6) is 5.75 Å². The number of carbonyl (C=O) groups is 1. The predicted octanol–water partition coefficient (Wildman–Crippen LogP) is 1.96. The molecule has 9 nitrogen and oxygen atoms in total. The van der Waals surface area contributed by atoms with E-state index in [-0.39, 0.29) is 13.4 Å². The molecular weight excluding hydrogens is 318 g/mol. The van der Waals surface area contributed by atoms with Gasteiger partial charge in [0.05, 0.1) is 25.9 Å². The van der Waals surface area contributed by atoms with Gasteiger partial charge < -0.3 is 24.1 Å². The first-order chi connectivity index (χ1) is 11.6. The van der Waals surface area contributed by atoms with Crippen LogP contribution in [0.1, 0.15) is 18.6 Å². The summed E-state index contributed by atoms with van der Waals surface area (Å²) in [5.74, 6) is -0.255. The van der Waals surface area contributed by atoms with E-state index in [1.165, 1.54) is 0 Å². The quantitative estimate of drug-likeness (QED) is 0.164. The van der Waals surface area contributed by atoms with E-state index in [1.54, 1.807) is 38.3 Å². The van der Waals surface area contributed by atoms with Crippen LogP contribution >= 0.6 is 0 Å². The molecule has 0 aliphatic carbocycles. The van der Waals surface area contributed by atoms with Gasteiger partial charge in [0.15, 0.2) is 12.8 Å². The van der Waals surface area contributed by atoms with Crippen molar-refractivity contribution >= 4 is 5.97 Å². The van der Waals surface area contributed by atoms with Gasteiger partial charge in [-0.2, -0.15) is 0 Å². The maximum Gasteiger partial charge on any atom is 0.317 e. The SMILES string of the molecule is CCOC(=O)[C@H](N=[N+]=[N-])[C@H](O)c1ccc(OCOCCOC)cc1. The van der Waals surface area contributed by atoms with Crippen molar-refractivity contribution in [3.8, 4) is 5.75 Å². The number of carbonyl (C=O) groups excluding carboxylic acids is 1. The van der Waals surface area contributed by atoms with Crippen molar-refractivity contribution in [2.75, 3.05) is 33.7 Å². The first kappa shape index (κ1) is 19.7. The van der Waals surface area contributed by atoms with Gasteiger partial charge in [-0.05, 0) is 30.2 Å². The molecule has 132 valence electrons. The fraction of sp³-hybridized carbons (Fsp3) is 0.533. The molecule has 0 amide bonds. The Kier molecular flexibility index (Phi) is 9.25. The molecule has 2 atom stereocenters. The van der Waals surface area contributed by atoms with Gasteiger partial charge in [0.1, 0.15) is 5.75 Å². The van der Waals surface area contributed by atoms with Crippen LogP contribution in [0.4, 0.5) is 0 Å². The first-order valence-corrected chi connectivity index (χ1v) is 7.32. The Balaban J connectivity index is 2.65. The standard InChI is InChI=1S/C15H21N3O6/c1-3-23-15(20)13(17-18-16)14(19)11-4-6-12(7-5-11)24-10-22-9-8-21-2/h4-7,13-14,19H,3,8-10H2,1-2H3/t13-,14-/m1/s1. The molecule has 1 aromatic rings. The number of benzene rings is 1. The fourth-order valence-electron chi connectivity index (χ4n) is 1.78. The number of ether oxygens (including phenoxy) is 4. The Morgan fingerprint density at radius 1 is 1.33 bits per heavy atom. The number of rotatable bonds is 11. The highest BCUT2D eigenvalue weighted by molar-refractivity contribution is 5.77. The Bertz CT molecular complexity index is 545. The average Bonchev–Trinajstić information content (AvgIpc) is 2.59. The van der Waals surface area contributed by atoms with Crippen molar-refractivity contribution in [2.24, 2.45) is 5.11 Å². The molecule has 1 aromatic carbocycles. The van der Waals surface area contributed by atoms with Crippen molar-refractivity contribution in [3.63, 3.8) is 0 Å². The minimum Gasteiger partial charge on any atom is -0.468 e. The zero-order chi connectivity index (χ0) is 17.8. The third-order valence-electron chi connectivity index (χ3n) is 2.97. The summed E-state index contributed by atoms with van der Waals surface area (Å²) in [5, 5.41) is 13.5. The summed E-state index contributed by atoms with van der Waals surface area (Å²) in [6.45, 7) is 2.70. The van der Waals surface area contributed by atoms with E-state index in [0.717, 1.165) is 0 Å². The smallest absolute Gasteiger partial charge is 0.317 e. The van der Waals surface area contributed by atoms with Gasteiger partial charge in [-0.1, -0.05) is 17.2 Å². The summed E-state index contributed by atoms with van der Waals surface area (Å²) in [6.07, 6.45) is -1.31. The minimum absolute atomic E-state index is 0.0649. The lowest BCUT2D eigenvalue weighted by Crippen LogP contribution is -2.28. The van der Waals surface area contributed by atoms with Gasteiger partial charge in [0.25, 0.3) is 0 Å². The predicted molar refractivity (Wildman–Crippen MR) is 84.3 cm³/mol. The minimum atomic E-state index is -1.35. The van der Waals surface area contributed by atoms with E-state index in [4.69, 9.17) is 24.5 Å². The summed E-state index contributed by atoms with van der Waals surface area (Å²) in [7, 11) is 1.58. The lowest BCUT2D eigenvalue weighted by Gasteiger charge is -2.17. The second-order valence-electron chi connectivity index (χ2n) is 4.58. The molecule has 0 aliphatic heterocycles. The average molecular weight is 339 g/mol. The van der Waals surface area contributed by atoms with E-state index in [0.29, 0.717) is 24.5 Å². The number of methoxy groups -OCH3 is 1. The van der Waals surface area contributed by atoms with Crippen molar-refractivity contribution in [2.45, 2.75) is 19.1 Å². The number of hydrogen-bond acceptors (Lipinski definition) is 7. The number of esters is 1. The molecule has 0 saturated heterocycles. The van der Waals surface area contributed by atoms with Crippen LogP contribution in [-0.2, 0) is 19.0 Å². The summed E-state index contributed by atoms with van der Waals surface area (Å²) in [6, 6.07) is 4.99. The summed E-state index contributed by atoms with van der Waals surface area (Å²) in [5.41, 5.74) is 8.95. The van der Waals surface area contributed by atoms with E-state index in [2.05, 4.69) is 10.0 Å². The van der Waals surface area contributed by atoms with E-state index in [1.807, 2.05) is 0 Å². The van der Waals surface area contributed by atoms with Crippen molar-refractivity contribution in [3.05, 3.63) is 40.3 Å². The summed E-state index contributed by atoms with van der Waals surface area (Å²) < 4.78 is 20.1. The second-order valence-corrected chi connectivity index (χ2v) is 4.58. The lowest BCUT2D eigenvalue weighted by molar-refractivity contribution is -0.147. The third kappa shape index (κ3) is 6.43. The van der Waals surface area contributed by atoms with Gasteiger partial charge in [-0.15, -0.1) is 0 Å². The van der Waals surface area contributed by atoms with Crippen LogP contribution < -0.4 is 4.74 Å². The van der Waals surface area contributed by atoms with Crippen LogP contribution in [0.3, 0.4) is 0 Å². The van der Waals surface area contributed by atoms with E-state index < -0.39 is 18.1 Å². The topological polar surface area (TPSA) is 123 Å². The molecule has 1 rings (SSSR count). The van der Waals surface area contributed by atoms with Gasteiger partial charge in [0, 0.05) is 12.0 Å². The van der Waals surface area contributed by atoms with E-state index in [9.17, 15) is 9.90 Å². The Hall–Kier alpha value is -2.32. The number of hydrogen-bond donors (Lipinski definition) is 1. The maximum atomic E-state index is 11.7. The number of aliphatic hydroxyl groups is 1. The molecule has 0 spiro atoms.